The van der Waals surface area contributed by atoms with Crippen molar-refractivity contribution in [1.82, 2.24) is 10.2 Å². The molecule has 0 unspecified atom stereocenters. The maximum absolute atomic E-state index is 3.41. The molecule has 0 bridgehead atoms. The van der Waals surface area contributed by atoms with Crippen LogP contribution in [0.3, 0.4) is 0 Å². The summed E-state index contributed by atoms with van der Waals surface area (Å²) in [7, 11) is 0. The highest BCUT2D eigenvalue weighted by atomic mass is 35.5. The van der Waals surface area contributed by atoms with Crippen LogP contribution in [0.5, 0.6) is 0 Å². The van der Waals surface area contributed by atoms with E-state index in [2.05, 4.69) is 48.3 Å². The maximum Gasteiger partial charge on any atom is 0.0346 e. The minimum atomic E-state index is 0. The first-order valence-electron chi connectivity index (χ1n) is 6.32. The molecule has 1 aliphatic rings. The monoisotopic (exact) mass is 290 g/mol. The molecule has 1 saturated heterocycles. The van der Waals surface area contributed by atoms with Gasteiger partial charge < -0.3 is 5.32 Å². The summed E-state index contributed by atoms with van der Waals surface area (Å²) in [4.78, 5) is 2.60. The SMILES string of the molecule is CC[C@H](c1ccc(C)cc1)N1CCNCC1.Cl.Cl. The lowest BCUT2D eigenvalue weighted by molar-refractivity contribution is 0.169. The van der Waals surface area contributed by atoms with Crippen molar-refractivity contribution in [3.05, 3.63) is 35.4 Å². The van der Waals surface area contributed by atoms with Crippen molar-refractivity contribution in [1.29, 1.82) is 0 Å². The average molecular weight is 291 g/mol. The van der Waals surface area contributed by atoms with Gasteiger partial charge in [0.2, 0.25) is 0 Å². The number of rotatable bonds is 3. The molecule has 4 heteroatoms. The first kappa shape index (κ1) is 17.7. The third-order valence-corrected chi connectivity index (χ3v) is 3.44. The van der Waals surface area contributed by atoms with Crippen LogP contribution < -0.4 is 5.32 Å². The first-order chi connectivity index (χ1) is 7.81. The van der Waals surface area contributed by atoms with E-state index < -0.39 is 0 Å². The van der Waals surface area contributed by atoms with Crippen LogP contribution in [0.4, 0.5) is 0 Å². The molecular formula is C14H24Cl2N2. The number of benzene rings is 1. The molecule has 1 atom stereocenters. The first-order valence-corrected chi connectivity index (χ1v) is 6.32. The van der Waals surface area contributed by atoms with Gasteiger partial charge in [0.05, 0.1) is 0 Å². The largest absolute Gasteiger partial charge is 0.314 e. The topological polar surface area (TPSA) is 15.3 Å². The molecule has 1 aliphatic heterocycles. The van der Waals surface area contributed by atoms with Gasteiger partial charge in [-0.3, -0.25) is 4.90 Å². The standard InChI is InChI=1S/C14H22N2.2ClH/c1-3-14(16-10-8-15-9-11-16)13-6-4-12(2)5-7-13;;/h4-7,14-15H,3,8-11H2,1-2H3;2*1H/t14-;;/m1../s1. The molecule has 2 nitrogen and oxygen atoms in total. The Bertz CT molecular complexity index is 321. The van der Waals surface area contributed by atoms with E-state index in [9.17, 15) is 0 Å². The number of nitrogens with one attached hydrogen (secondary N) is 1. The van der Waals surface area contributed by atoms with Gasteiger partial charge in [-0.25, -0.2) is 0 Å². The van der Waals surface area contributed by atoms with Gasteiger partial charge in [0.1, 0.15) is 0 Å². The Labute approximate surface area is 123 Å². The normalized spacial score (nSPS) is 17.4. The van der Waals surface area contributed by atoms with Crippen molar-refractivity contribution in [2.75, 3.05) is 26.2 Å². The van der Waals surface area contributed by atoms with Crippen molar-refractivity contribution in [2.45, 2.75) is 26.3 Å². The van der Waals surface area contributed by atoms with Gasteiger partial charge in [-0.15, -0.1) is 24.8 Å². The van der Waals surface area contributed by atoms with Crippen LogP contribution in [0.25, 0.3) is 0 Å². The lowest BCUT2D eigenvalue weighted by Gasteiger charge is -2.34. The van der Waals surface area contributed by atoms with Crippen molar-refractivity contribution in [3.63, 3.8) is 0 Å². The molecular weight excluding hydrogens is 267 g/mol. The van der Waals surface area contributed by atoms with Gasteiger partial charge in [-0.05, 0) is 18.9 Å². The van der Waals surface area contributed by atoms with Gasteiger partial charge in [-0.2, -0.15) is 0 Å². The summed E-state index contributed by atoms with van der Waals surface area (Å²) in [5, 5.41) is 3.41. The molecule has 1 N–H and O–H groups in total. The Balaban J connectivity index is 0.00000144. The minimum absolute atomic E-state index is 0. The molecule has 1 aromatic rings. The molecule has 0 aromatic heterocycles. The third-order valence-electron chi connectivity index (χ3n) is 3.44. The smallest absolute Gasteiger partial charge is 0.0346 e. The van der Waals surface area contributed by atoms with Gasteiger partial charge in [0.25, 0.3) is 0 Å². The van der Waals surface area contributed by atoms with Gasteiger partial charge >= 0.3 is 0 Å². The number of nitrogens with zero attached hydrogens (tertiary/aromatic N) is 1. The molecule has 1 aromatic carbocycles. The molecule has 18 heavy (non-hydrogen) atoms. The van der Waals surface area contributed by atoms with Gasteiger partial charge in [0, 0.05) is 32.2 Å². The van der Waals surface area contributed by atoms with E-state index in [1.165, 1.54) is 30.6 Å². The second-order valence-electron chi connectivity index (χ2n) is 4.62. The molecule has 0 radical (unpaired) electrons. The van der Waals surface area contributed by atoms with Crippen LogP contribution in [0.1, 0.15) is 30.5 Å². The third kappa shape index (κ3) is 4.43. The summed E-state index contributed by atoms with van der Waals surface area (Å²) in [6.45, 7) is 9.03. The van der Waals surface area contributed by atoms with E-state index in [0.717, 1.165) is 13.1 Å². The molecule has 1 fully saturated rings. The molecule has 2 rings (SSSR count). The van der Waals surface area contributed by atoms with E-state index in [1.807, 2.05) is 0 Å². The Morgan fingerprint density at radius 2 is 1.67 bits per heavy atom. The summed E-state index contributed by atoms with van der Waals surface area (Å²) < 4.78 is 0. The summed E-state index contributed by atoms with van der Waals surface area (Å²) in [5.74, 6) is 0. The fraction of sp³-hybridized carbons (Fsp3) is 0.571. The van der Waals surface area contributed by atoms with Crippen LogP contribution in [0.15, 0.2) is 24.3 Å². The number of halogens is 2. The molecule has 0 amide bonds. The summed E-state index contributed by atoms with van der Waals surface area (Å²) in [6, 6.07) is 9.61. The van der Waals surface area contributed by atoms with Crippen molar-refractivity contribution in [3.8, 4) is 0 Å². The Kier molecular flexibility index (Phi) is 8.62. The van der Waals surface area contributed by atoms with Gasteiger partial charge in [-0.1, -0.05) is 36.8 Å². The van der Waals surface area contributed by atoms with E-state index in [4.69, 9.17) is 0 Å². The zero-order chi connectivity index (χ0) is 11.4. The van der Waals surface area contributed by atoms with Crippen LogP contribution in [-0.4, -0.2) is 31.1 Å². The van der Waals surface area contributed by atoms with E-state index in [0.29, 0.717) is 6.04 Å². The highest BCUT2D eigenvalue weighted by molar-refractivity contribution is 5.85. The lowest BCUT2D eigenvalue weighted by atomic mass is 10.0. The van der Waals surface area contributed by atoms with Crippen molar-refractivity contribution in [2.24, 2.45) is 0 Å². The van der Waals surface area contributed by atoms with E-state index in [1.54, 1.807) is 0 Å². The molecule has 104 valence electrons. The maximum atomic E-state index is 3.41. The van der Waals surface area contributed by atoms with Crippen LogP contribution >= 0.6 is 24.8 Å². The highest BCUT2D eigenvalue weighted by Gasteiger charge is 2.19. The summed E-state index contributed by atoms with van der Waals surface area (Å²) in [5.41, 5.74) is 2.81. The fourth-order valence-electron chi connectivity index (χ4n) is 2.49. The van der Waals surface area contributed by atoms with E-state index >= 15 is 0 Å². The number of hydrogen-bond acceptors (Lipinski definition) is 2. The number of aryl methyl sites for hydroxylation is 1. The molecule has 0 saturated carbocycles. The average Bonchev–Trinajstić information content (AvgIpc) is 2.34. The van der Waals surface area contributed by atoms with Crippen LogP contribution in [0.2, 0.25) is 0 Å². The second-order valence-corrected chi connectivity index (χ2v) is 4.62. The number of hydrogen-bond donors (Lipinski definition) is 1. The molecule has 1 heterocycles. The fourth-order valence-corrected chi connectivity index (χ4v) is 2.49. The summed E-state index contributed by atoms with van der Waals surface area (Å²) in [6.07, 6.45) is 1.20. The molecule has 0 aliphatic carbocycles. The highest BCUT2D eigenvalue weighted by Crippen LogP contribution is 2.24. The van der Waals surface area contributed by atoms with Gasteiger partial charge in [0.15, 0.2) is 0 Å². The quantitative estimate of drug-likeness (QED) is 0.920. The zero-order valence-corrected chi connectivity index (χ0v) is 12.8. The van der Waals surface area contributed by atoms with Crippen molar-refractivity contribution < 1.29 is 0 Å². The van der Waals surface area contributed by atoms with Crippen LogP contribution in [0, 0.1) is 6.92 Å². The predicted molar refractivity (Wildman–Crippen MR) is 83.1 cm³/mol. The van der Waals surface area contributed by atoms with Crippen LogP contribution in [-0.2, 0) is 0 Å². The Morgan fingerprint density at radius 1 is 1.11 bits per heavy atom. The zero-order valence-electron chi connectivity index (χ0n) is 11.2. The molecule has 0 spiro atoms. The Morgan fingerprint density at radius 3 is 2.17 bits per heavy atom. The number of piperazine rings is 1. The second kappa shape index (κ2) is 8.76. The van der Waals surface area contributed by atoms with Crippen molar-refractivity contribution >= 4 is 24.8 Å². The van der Waals surface area contributed by atoms with E-state index in [-0.39, 0.29) is 24.8 Å². The summed E-state index contributed by atoms with van der Waals surface area (Å²) >= 11 is 0. The predicted octanol–water partition coefficient (Wildman–Crippen LogP) is 3.19. The minimum Gasteiger partial charge on any atom is -0.314 e. The Hall–Kier alpha value is -0.280. The lowest BCUT2D eigenvalue weighted by Crippen LogP contribution is -2.45.